The number of piperazine rings is 1. The van der Waals surface area contributed by atoms with Crippen molar-refractivity contribution < 1.29 is 28.0 Å². The van der Waals surface area contributed by atoms with Gasteiger partial charge >= 0.3 is 13.9 Å². The number of hydrogen-bond acceptors (Lipinski definition) is 6. The van der Waals surface area contributed by atoms with Crippen LogP contribution in [-0.2, 0) is 18.1 Å². The van der Waals surface area contributed by atoms with Gasteiger partial charge in [-0.15, -0.1) is 0 Å². The lowest BCUT2D eigenvalue weighted by molar-refractivity contribution is -0.0000144. The van der Waals surface area contributed by atoms with E-state index in [1.165, 1.54) is 4.90 Å². The van der Waals surface area contributed by atoms with Crippen molar-refractivity contribution >= 4 is 13.9 Å². The van der Waals surface area contributed by atoms with Gasteiger partial charge in [0.2, 0.25) is 0 Å². The van der Waals surface area contributed by atoms with Crippen molar-refractivity contribution in [2.24, 2.45) is 0 Å². The Morgan fingerprint density at radius 1 is 1.00 bits per heavy atom. The molecular formula is C15H31N2O6P. The van der Waals surface area contributed by atoms with Crippen LogP contribution >= 0.6 is 7.82 Å². The molecular weight excluding hydrogens is 335 g/mol. The molecule has 1 aliphatic heterocycles. The first-order valence-electron chi connectivity index (χ1n) is 8.16. The fraction of sp³-hybridized carbons (Fsp3) is 0.933. The molecule has 0 bridgehead atoms. The molecule has 0 spiro atoms. The highest BCUT2D eigenvalue weighted by Crippen LogP contribution is 2.55. The van der Waals surface area contributed by atoms with Gasteiger partial charge in [-0.1, -0.05) is 0 Å². The summed E-state index contributed by atoms with van der Waals surface area (Å²) in [5, 5.41) is 8.94. The Hall–Kier alpha value is -0.660. The Bertz CT molecular complexity index is 444. The largest absolute Gasteiger partial charge is 0.475 e. The zero-order valence-electron chi connectivity index (χ0n) is 15.6. The van der Waals surface area contributed by atoms with Crippen LogP contribution in [0.4, 0.5) is 4.79 Å². The highest BCUT2D eigenvalue weighted by Gasteiger charge is 2.37. The lowest BCUT2D eigenvalue weighted by Gasteiger charge is -2.34. The first-order chi connectivity index (χ1) is 10.8. The van der Waals surface area contributed by atoms with Gasteiger partial charge in [0, 0.05) is 32.7 Å². The SMILES string of the molecule is CC(C)(C)OP(=O)(OCCN1CCN(C(=O)O)CC1)OC(C)(C)C. The van der Waals surface area contributed by atoms with Crippen molar-refractivity contribution in [2.75, 3.05) is 39.3 Å². The summed E-state index contributed by atoms with van der Waals surface area (Å²) in [6, 6.07) is 0. The molecule has 0 unspecified atom stereocenters. The Morgan fingerprint density at radius 3 is 1.83 bits per heavy atom. The predicted molar refractivity (Wildman–Crippen MR) is 91.3 cm³/mol. The zero-order chi connectivity index (χ0) is 18.6. The van der Waals surface area contributed by atoms with E-state index in [9.17, 15) is 9.36 Å². The van der Waals surface area contributed by atoms with Gasteiger partial charge in [0.25, 0.3) is 0 Å². The Balaban J connectivity index is 2.51. The van der Waals surface area contributed by atoms with Gasteiger partial charge in [-0.2, -0.15) is 0 Å². The maximum atomic E-state index is 12.9. The molecule has 24 heavy (non-hydrogen) atoms. The van der Waals surface area contributed by atoms with Crippen LogP contribution in [0.1, 0.15) is 41.5 Å². The number of rotatable bonds is 6. The van der Waals surface area contributed by atoms with Crippen molar-refractivity contribution in [3.63, 3.8) is 0 Å². The summed E-state index contributed by atoms with van der Waals surface area (Å²) in [5.74, 6) is 0. The van der Waals surface area contributed by atoms with Gasteiger partial charge in [-0.25, -0.2) is 9.36 Å². The highest BCUT2D eigenvalue weighted by molar-refractivity contribution is 7.48. The van der Waals surface area contributed by atoms with Crippen LogP contribution in [0.3, 0.4) is 0 Å². The molecule has 0 aromatic heterocycles. The maximum absolute atomic E-state index is 12.9. The van der Waals surface area contributed by atoms with Crippen LogP contribution in [0.2, 0.25) is 0 Å². The van der Waals surface area contributed by atoms with Gasteiger partial charge in [0.1, 0.15) is 0 Å². The second kappa shape index (κ2) is 8.15. The molecule has 0 saturated carbocycles. The van der Waals surface area contributed by atoms with Crippen LogP contribution < -0.4 is 0 Å². The molecule has 1 aliphatic rings. The highest BCUT2D eigenvalue weighted by atomic mass is 31.2. The lowest BCUT2D eigenvalue weighted by atomic mass is 10.2. The summed E-state index contributed by atoms with van der Waals surface area (Å²) < 4.78 is 29.4. The molecule has 142 valence electrons. The van der Waals surface area contributed by atoms with Crippen molar-refractivity contribution in [3.8, 4) is 0 Å². The number of hydrogen-bond donors (Lipinski definition) is 1. The van der Waals surface area contributed by atoms with Crippen LogP contribution in [0.5, 0.6) is 0 Å². The molecule has 0 aliphatic carbocycles. The quantitative estimate of drug-likeness (QED) is 0.723. The summed E-state index contributed by atoms with van der Waals surface area (Å²) in [5.41, 5.74) is -1.32. The van der Waals surface area contributed by atoms with Gasteiger partial charge < -0.3 is 10.0 Å². The molecule has 1 heterocycles. The molecule has 1 rings (SSSR count). The zero-order valence-corrected chi connectivity index (χ0v) is 16.5. The molecule has 1 N–H and O–H groups in total. The Kier molecular flexibility index (Phi) is 7.26. The van der Waals surface area contributed by atoms with E-state index in [0.717, 1.165) is 0 Å². The third-order valence-corrected chi connectivity index (χ3v) is 5.11. The first-order valence-corrected chi connectivity index (χ1v) is 9.62. The van der Waals surface area contributed by atoms with E-state index in [4.69, 9.17) is 18.7 Å². The number of phosphoric ester groups is 1. The summed E-state index contributed by atoms with van der Waals surface area (Å²) >= 11 is 0. The van der Waals surface area contributed by atoms with Crippen LogP contribution in [0, 0.1) is 0 Å². The van der Waals surface area contributed by atoms with E-state index < -0.39 is 25.1 Å². The molecule has 8 nitrogen and oxygen atoms in total. The Morgan fingerprint density at radius 2 is 1.46 bits per heavy atom. The molecule has 0 aromatic rings. The van der Waals surface area contributed by atoms with Crippen LogP contribution in [-0.4, -0.2) is 71.5 Å². The monoisotopic (exact) mass is 366 g/mol. The van der Waals surface area contributed by atoms with Crippen LogP contribution in [0.25, 0.3) is 0 Å². The van der Waals surface area contributed by atoms with E-state index in [2.05, 4.69) is 4.90 Å². The molecule has 9 heteroatoms. The molecule has 0 atom stereocenters. The van der Waals surface area contributed by atoms with E-state index in [0.29, 0.717) is 32.7 Å². The van der Waals surface area contributed by atoms with Gasteiger partial charge in [0.05, 0.1) is 17.8 Å². The molecule has 1 fully saturated rings. The maximum Gasteiger partial charge on any atom is 0.475 e. The van der Waals surface area contributed by atoms with Crippen molar-refractivity contribution in [1.29, 1.82) is 0 Å². The smallest absolute Gasteiger partial charge is 0.465 e. The van der Waals surface area contributed by atoms with E-state index in [1.54, 1.807) is 41.5 Å². The first kappa shape index (κ1) is 21.4. The van der Waals surface area contributed by atoms with Gasteiger partial charge in [-0.3, -0.25) is 18.5 Å². The third-order valence-electron chi connectivity index (χ3n) is 3.07. The third kappa shape index (κ3) is 8.44. The number of carboxylic acid groups (broad SMARTS) is 1. The lowest BCUT2D eigenvalue weighted by Crippen LogP contribution is -2.48. The molecule has 0 aromatic carbocycles. The van der Waals surface area contributed by atoms with Crippen molar-refractivity contribution in [2.45, 2.75) is 52.7 Å². The minimum atomic E-state index is -3.69. The number of nitrogens with zero attached hydrogens (tertiary/aromatic N) is 2. The summed E-state index contributed by atoms with van der Waals surface area (Å²) in [6.07, 6.45) is -0.896. The van der Waals surface area contributed by atoms with E-state index in [1.807, 2.05) is 0 Å². The average Bonchev–Trinajstić information content (AvgIpc) is 2.34. The van der Waals surface area contributed by atoms with E-state index >= 15 is 0 Å². The predicted octanol–water partition coefficient (Wildman–Crippen LogP) is 3.04. The van der Waals surface area contributed by atoms with Gasteiger partial charge in [-0.05, 0) is 41.5 Å². The normalized spacial score (nSPS) is 18.0. The van der Waals surface area contributed by atoms with Crippen molar-refractivity contribution in [1.82, 2.24) is 9.80 Å². The summed E-state index contributed by atoms with van der Waals surface area (Å²) in [7, 11) is -3.69. The number of amides is 1. The fourth-order valence-corrected chi connectivity index (χ4v) is 3.98. The molecule has 1 saturated heterocycles. The summed E-state index contributed by atoms with van der Waals surface area (Å²) in [6.45, 7) is 13.7. The minimum Gasteiger partial charge on any atom is -0.465 e. The fourth-order valence-electron chi connectivity index (χ4n) is 2.19. The average molecular weight is 366 g/mol. The second-order valence-electron chi connectivity index (χ2n) is 7.80. The Labute approximate surface area is 144 Å². The standard InChI is InChI=1S/C15H31N2O6P/c1-14(2,3)22-24(20,23-15(4,5)6)21-12-11-16-7-9-17(10-8-16)13(18)19/h7-12H2,1-6H3,(H,18,19). The van der Waals surface area contributed by atoms with Gasteiger partial charge in [0.15, 0.2) is 0 Å². The minimum absolute atomic E-state index is 0.191. The topological polar surface area (TPSA) is 88.5 Å². The summed E-state index contributed by atoms with van der Waals surface area (Å²) in [4.78, 5) is 14.3. The van der Waals surface area contributed by atoms with E-state index in [-0.39, 0.29) is 6.61 Å². The van der Waals surface area contributed by atoms with Crippen LogP contribution in [0.15, 0.2) is 0 Å². The van der Waals surface area contributed by atoms with Crippen molar-refractivity contribution in [3.05, 3.63) is 0 Å². The molecule has 1 amide bonds. The second-order valence-corrected chi connectivity index (χ2v) is 9.32. The number of phosphoric acid groups is 1. The number of carbonyl (C=O) groups is 1. The molecule has 0 radical (unpaired) electrons.